The first-order chi connectivity index (χ1) is 14.5. The van der Waals surface area contributed by atoms with E-state index < -0.39 is 0 Å². The molecule has 1 aromatic heterocycles. The van der Waals surface area contributed by atoms with E-state index in [1.54, 1.807) is 6.92 Å². The average molecular weight is 408 g/mol. The summed E-state index contributed by atoms with van der Waals surface area (Å²) in [4.78, 5) is 16.0. The number of carbonyl (C=O) groups is 1. The minimum Gasteiger partial charge on any atom is -0.487 e. The van der Waals surface area contributed by atoms with Crippen LogP contribution in [0.2, 0.25) is 0 Å². The highest BCUT2D eigenvalue weighted by atomic mass is 16.5. The molecule has 6 nitrogen and oxygen atoms in total. The number of ether oxygens (including phenoxy) is 2. The Morgan fingerprint density at radius 3 is 2.70 bits per heavy atom. The standard InChI is InChI=1S/C24H28N2O4/c1-4-28-23(27)12-13-25-15-19-6-5-7-21(14-19)29-16-22-18(3)30-24(26-22)20-10-8-17(2)9-11-20/h5-11,14,25H,4,12-13,15-16H2,1-3H3. The summed E-state index contributed by atoms with van der Waals surface area (Å²) in [5, 5.41) is 3.24. The van der Waals surface area contributed by atoms with Crippen LogP contribution >= 0.6 is 0 Å². The van der Waals surface area contributed by atoms with Crippen molar-refractivity contribution in [3.05, 3.63) is 71.1 Å². The number of nitrogens with zero attached hydrogens (tertiary/aromatic N) is 1. The van der Waals surface area contributed by atoms with Crippen molar-refractivity contribution in [1.29, 1.82) is 0 Å². The van der Waals surface area contributed by atoms with Gasteiger partial charge in [0.05, 0.1) is 13.0 Å². The van der Waals surface area contributed by atoms with Crippen LogP contribution in [0.15, 0.2) is 52.9 Å². The van der Waals surface area contributed by atoms with Gasteiger partial charge >= 0.3 is 5.97 Å². The Morgan fingerprint density at radius 1 is 1.13 bits per heavy atom. The number of aryl methyl sites for hydroxylation is 2. The molecule has 0 saturated heterocycles. The molecule has 2 aromatic carbocycles. The molecule has 1 N–H and O–H groups in total. The van der Waals surface area contributed by atoms with Gasteiger partial charge in [0.15, 0.2) is 0 Å². The van der Waals surface area contributed by atoms with Crippen molar-refractivity contribution in [2.75, 3.05) is 13.2 Å². The summed E-state index contributed by atoms with van der Waals surface area (Å²) in [7, 11) is 0. The zero-order chi connectivity index (χ0) is 21.3. The van der Waals surface area contributed by atoms with Gasteiger partial charge in [-0.05, 0) is 50.6 Å². The van der Waals surface area contributed by atoms with Gasteiger partial charge in [0.1, 0.15) is 23.8 Å². The Hall–Kier alpha value is -3.12. The zero-order valence-electron chi connectivity index (χ0n) is 17.7. The Morgan fingerprint density at radius 2 is 1.93 bits per heavy atom. The molecule has 30 heavy (non-hydrogen) atoms. The first-order valence-electron chi connectivity index (χ1n) is 10.2. The van der Waals surface area contributed by atoms with Crippen LogP contribution < -0.4 is 10.1 Å². The fraction of sp³-hybridized carbons (Fsp3) is 0.333. The molecule has 0 radical (unpaired) electrons. The smallest absolute Gasteiger partial charge is 0.307 e. The van der Waals surface area contributed by atoms with Crippen molar-refractivity contribution >= 4 is 5.97 Å². The largest absolute Gasteiger partial charge is 0.487 e. The van der Waals surface area contributed by atoms with E-state index in [2.05, 4.69) is 10.3 Å². The molecule has 0 spiro atoms. The molecule has 3 rings (SSSR count). The maximum absolute atomic E-state index is 11.4. The summed E-state index contributed by atoms with van der Waals surface area (Å²) in [5.41, 5.74) is 4.00. The topological polar surface area (TPSA) is 73.6 Å². The highest BCUT2D eigenvalue weighted by Gasteiger charge is 2.12. The van der Waals surface area contributed by atoms with Crippen LogP contribution in [0.5, 0.6) is 5.75 Å². The molecule has 6 heteroatoms. The van der Waals surface area contributed by atoms with Crippen LogP contribution in [0.4, 0.5) is 0 Å². The Balaban J connectivity index is 1.53. The molecule has 0 aliphatic rings. The number of oxazole rings is 1. The average Bonchev–Trinajstić information content (AvgIpc) is 3.11. The quantitative estimate of drug-likeness (QED) is 0.391. The predicted molar refractivity (Wildman–Crippen MR) is 115 cm³/mol. The molecule has 1 heterocycles. The van der Waals surface area contributed by atoms with Crippen LogP contribution in [0, 0.1) is 13.8 Å². The maximum atomic E-state index is 11.4. The van der Waals surface area contributed by atoms with Gasteiger partial charge in [0.2, 0.25) is 5.89 Å². The van der Waals surface area contributed by atoms with Gasteiger partial charge in [0.25, 0.3) is 0 Å². The molecule has 0 bridgehead atoms. The number of esters is 1. The highest BCUT2D eigenvalue weighted by Crippen LogP contribution is 2.23. The molecule has 0 atom stereocenters. The second kappa shape index (κ2) is 10.6. The summed E-state index contributed by atoms with van der Waals surface area (Å²) < 4.78 is 16.7. The summed E-state index contributed by atoms with van der Waals surface area (Å²) in [5.74, 6) is 1.93. The zero-order valence-corrected chi connectivity index (χ0v) is 17.7. The lowest BCUT2D eigenvalue weighted by atomic mass is 10.1. The molecule has 158 valence electrons. The van der Waals surface area contributed by atoms with E-state index in [0.29, 0.717) is 38.6 Å². The number of rotatable bonds is 10. The van der Waals surface area contributed by atoms with Crippen molar-refractivity contribution in [2.24, 2.45) is 0 Å². The minimum atomic E-state index is -0.185. The SMILES string of the molecule is CCOC(=O)CCNCc1cccc(OCc2nc(-c3ccc(C)cc3)oc2C)c1. The second-order valence-electron chi connectivity index (χ2n) is 7.06. The lowest BCUT2D eigenvalue weighted by molar-refractivity contribution is -0.142. The van der Waals surface area contributed by atoms with Crippen LogP contribution in [0.25, 0.3) is 11.5 Å². The lowest BCUT2D eigenvalue weighted by Gasteiger charge is -2.08. The number of aromatic nitrogens is 1. The number of hydrogen-bond acceptors (Lipinski definition) is 6. The Labute approximate surface area is 177 Å². The maximum Gasteiger partial charge on any atom is 0.307 e. The van der Waals surface area contributed by atoms with Crippen molar-refractivity contribution in [3.63, 3.8) is 0 Å². The molecular formula is C24H28N2O4. The van der Waals surface area contributed by atoms with E-state index in [1.807, 2.05) is 62.4 Å². The van der Waals surface area contributed by atoms with Crippen molar-refractivity contribution < 1.29 is 18.7 Å². The summed E-state index contributed by atoms with van der Waals surface area (Å²) in [6, 6.07) is 15.9. The normalized spacial score (nSPS) is 10.8. The fourth-order valence-corrected chi connectivity index (χ4v) is 2.93. The second-order valence-corrected chi connectivity index (χ2v) is 7.06. The van der Waals surface area contributed by atoms with E-state index in [4.69, 9.17) is 13.9 Å². The summed E-state index contributed by atoms with van der Waals surface area (Å²) in [6.07, 6.45) is 0.360. The van der Waals surface area contributed by atoms with E-state index in [9.17, 15) is 4.79 Å². The third kappa shape index (κ3) is 6.19. The number of nitrogens with one attached hydrogen (secondary N) is 1. The van der Waals surface area contributed by atoms with Crippen LogP contribution in [-0.2, 0) is 22.7 Å². The molecule has 0 unspecified atom stereocenters. The molecular weight excluding hydrogens is 380 g/mol. The molecule has 0 amide bonds. The predicted octanol–water partition coefficient (Wildman–Crippen LogP) is 4.58. The van der Waals surface area contributed by atoms with Gasteiger partial charge in [-0.3, -0.25) is 4.79 Å². The molecule has 0 fully saturated rings. The Kier molecular flexibility index (Phi) is 7.63. The van der Waals surface area contributed by atoms with Crippen molar-refractivity contribution in [3.8, 4) is 17.2 Å². The van der Waals surface area contributed by atoms with Crippen molar-refractivity contribution in [2.45, 2.75) is 40.3 Å². The van der Waals surface area contributed by atoms with Gasteiger partial charge in [-0.1, -0.05) is 29.8 Å². The third-order valence-corrected chi connectivity index (χ3v) is 4.61. The fourth-order valence-electron chi connectivity index (χ4n) is 2.93. The van der Waals surface area contributed by atoms with E-state index >= 15 is 0 Å². The van der Waals surface area contributed by atoms with Gasteiger partial charge in [-0.15, -0.1) is 0 Å². The highest BCUT2D eigenvalue weighted by molar-refractivity contribution is 5.69. The van der Waals surface area contributed by atoms with Crippen LogP contribution in [-0.4, -0.2) is 24.1 Å². The third-order valence-electron chi connectivity index (χ3n) is 4.61. The number of hydrogen-bond donors (Lipinski definition) is 1. The first-order valence-corrected chi connectivity index (χ1v) is 10.2. The summed E-state index contributed by atoms with van der Waals surface area (Å²) >= 11 is 0. The molecule has 3 aromatic rings. The molecule has 0 aliphatic carbocycles. The van der Waals surface area contributed by atoms with Gasteiger partial charge in [-0.25, -0.2) is 4.98 Å². The molecule has 0 saturated carbocycles. The van der Waals surface area contributed by atoms with E-state index in [0.717, 1.165) is 28.3 Å². The minimum absolute atomic E-state index is 0.185. The Bertz CT molecular complexity index is 964. The number of carbonyl (C=O) groups excluding carboxylic acids is 1. The monoisotopic (exact) mass is 408 g/mol. The first kappa shape index (κ1) is 21.6. The van der Waals surface area contributed by atoms with E-state index in [-0.39, 0.29) is 5.97 Å². The van der Waals surface area contributed by atoms with Crippen LogP contribution in [0.1, 0.15) is 35.9 Å². The lowest BCUT2D eigenvalue weighted by Crippen LogP contribution is -2.19. The summed E-state index contributed by atoms with van der Waals surface area (Å²) in [6.45, 7) is 7.72. The van der Waals surface area contributed by atoms with Gasteiger partial charge < -0.3 is 19.2 Å². The van der Waals surface area contributed by atoms with Gasteiger partial charge in [0, 0.05) is 18.7 Å². The number of benzene rings is 2. The van der Waals surface area contributed by atoms with E-state index in [1.165, 1.54) is 5.56 Å². The molecule has 0 aliphatic heterocycles. The van der Waals surface area contributed by atoms with Crippen LogP contribution in [0.3, 0.4) is 0 Å². The van der Waals surface area contributed by atoms with Crippen molar-refractivity contribution in [1.82, 2.24) is 10.3 Å². The van der Waals surface area contributed by atoms with Gasteiger partial charge in [-0.2, -0.15) is 0 Å².